The van der Waals surface area contributed by atoms with Gasteiger partial charge >= 0.3 is 0 Å². The van der Waals surface area contributed by atoms with E-state index in [1.54, 1.807) is 24.0 Å². The molecular weight excluding hydrogens is 158 g/mol. The van der Waals surface area contributed by atoms with Gasteiger partial charge in [-0.25, -0.2) is 5.06 Å². The van der Waals surface area contributed by atoms with Crippen LogP contribution in [0.5, 0.6) is 0 Å². The molecule has 1 heterocycles. The molecule has 1 amide bonds. The maximum Gasteiger partial charge on any atom is 0.297 e. The molecule has 0 unspecified atom stereocenters. The van der Waals surface area contributed by atoms with E-state index in [-0.39, 0.29) is 5.91 Å². The molecule has 0 aromatic carbocycles. The predicted octanol–water partition coefficient (Wildman–Crippen LogP) is 0.0535. The fourth-order valence-corrected chi connectivity index (χ4v) is 0.773. The molecule has 5 heteroatoms. The maximum absolute atomic E-state index is 11.3. The summed E-state index contributed by atoms with van der Waals surface area (Å²) in [4.78, 5) is 16.0. The Morgan fingerprint density at radius 3 is 2.83 bits per heavy atom. The monoisotopic (exact) mass is 169 g/mol. The van der Waals surface area contributed by atoms with Crippen LogP contribution in [0, 0.1) is 0 Å². The number of hydrogen-bond donors (Lipinski definition) is 0. The van der Waals surface area contributed by atoms with Gasteiger partial charge in [-0.2, -0.15) is 5.10 Å². The van der Waals surface area contributed by atoms with Crippen LogP contribution < -0.4 is 0 Å². The number of aryl methyl sites for hydroxylation is 1. The van der Waals surface area contributed by atoms with Crippen molar-refractivity contribution < 1.29 is 9.63 Å². The lowest BCUT2D eigenvalue weighted by molar-refractivity contribution is -0.0760. The molecule has 0 aliphatic carbocycles. The Labute approximate surface area is 70.5 Å². The predicted molar refractivity (Wildman–Crippen MR) is 42.3 cm³/mol. The van der Waals surface area contributed by atoms with Crippen molar-refractivity contribution in [1.82, 2.24) is 14.8 Å². The largest absolute Gasteiger partial charge is 0.297 e. The van der Waals surface area contributed by atoms with E-state index in [0.29, 0.717) is 5.69 Å². The van der Waals surface area contributed by atoms with Crippen LogP contribution in [-0.2, 0) is 11.9 Å². The fourth-order valence-electron chi connectivity index (χ4n) is 0.773. The van der Waals surface area contributed by atoms with Crippen LogP contribution in [0.1, 0.15) is 10.5 Å². The van der Waals surface area contributed by atoms with Crippen molar-refractivity contribution in [3.05, 3.63) is 18.0 Å². The number of amides is 1. The van der Waals surface area contributed by atoms with Crippen molar-refractivity contribution >= 4 is 5.91 Å². The van der Waals surface area contributed by atoms with Crippen molar-refractivity contribution in [2.45, 2.75) is 0 Å². The quantitative estimate of drug-likeness (QED) is 0.588. The van der Waals surface area contributed by atoms with Crippen molar-refractivity contribution in [3.63, 3.8) is 0 Å². The Morgan fingerprint density at radius 1 is 1.75 bits per heavy atom. The molecule has 0 saturated carbocycles. The molecule has 0 aliphatic rings. The first-order valence-corrected chi connectivity index (χ1v) is 3.47. The standard InChI is InChI=1S/C7H11N3O2/c1-9-5-4-6(8-9)7(11)10(2)12-3/h4-5H,1-3H3. The summed E-state index contributed by atoms with van der Waals surface area (Å²) in [6.45, 7) is 0. The topological polar surface area (TPSA) is 47.4 Å². The summed E-state index contributed by atoms with van der Waals surface area (Å²) in [5, 5.41) is 5.05. The Kier molecular flexibility index (Phi) is 2.44. The smallest absolute Gasteiger partial charge is 0.275 e. The average Bonchev–Trinajstić information content (AvgIpc) is 2.49. The van der Waals surface area contributed by atoms with Crippen LogP contribution in [-0.4, -0.2) is 34.9 Å². The van der Waals surface area contributed by atoms with Crippen molar-refractivity contribution in [2.75, 3.05) is 14.2 Å². The zero-order chi connectivity index (χ0) is 9.14. The second-order valence-electron chi connectivity index (χ2n) is 2.36. The van der Waals surface area contributed by atoms with E-state index >= 15 is 0 Å². The number of hydrogen-bond acceptors (Lipinski definition) is 3. The molecule has 0 bridgehead atoms. The van der Waals surface area contributed by atoms with E-state index in [1.165, 1.54) is 14.2 Å². The number of nitrogens with zero attached hydrogens (tertiary/aromatic N) is 3. The Balaban J connectivity index is 2.78. The van der Waals surface area contributed by atoms with Gasteiger partial charge in [-0.15, -0.1) is 0 Å². The zero-order valence-corrected chi connectivity index (χ0v) is 7.31. The van der Waals surface area contributed by atoms with E-state index in [0.717, 1.165) is 5.06 Å². The minimum Gasteiger partial charge on any atom is -0.275 e. The number of aromatic nitrogens is 2. The van der Waals surface area contributed by atoms with Crippen molar-refractivity contribution in [1.29, 1.82) is 0 Å². The highest BCUT2D eigenvalue weighted by Crippen LogP contribution is 1.98. The molecule has 5 nitrogen and oxygen atoms in total. The lowest BCUT2D eigenvalue weighted by atomic mass is 10.4. The summed E-state index contributed by atoms with van der Waals surface area (Å²) in [5.74, 6) is -0.252. The molecule has 0 fully saturated rings. The van der Waals surface area contributed by atoms with Gasteiger partial charge in [0.1, 0.15) is 0 Å². The van der Waals surface area contributed by atoms with Gasteiger partial charge in [0.2, 0.25) is 0 Å². The molecule has 0 N–H and O–H groups in total. The Hall–Kier alpha value is -1.36. The van der Waals surface area contributed by atoms with Crippen LogP contribution in [0.4, 0.5) is 0 Å². The molecule has 66 valence electrons. The molecular formula is C7H11N3O2. The molecule has 1 aromatic rings. The van der Waals surface area contributed by atoms with Gasteiger partial charge in [0.05, 0.1) is 7.11 Å². The molecule has 1 rings (SSSR count). The fraction of sp³-hybridized carbons (Fsp3) is 0.429. The van der Waals surface area contributed by atoms with E-state index < -0.39 is 0 Å². The SMILES string of the molecule is CON(C)C(=O)c1ccn(C)n1. The first-order chi connectivity index (χ1) is 5.65. The summed E-state index contributed by atoms with van der Waals surface area (Å²) < 4.78 is 1.57. The lowest BCUT2D eigenvalue weighted by Gasteiger charge is -2.10. The van der Waals surface area contributed by atoms with Crippen molar-refractivity contribution in [2.24, 2.45) is 7.05 Å². The third-order valence-corrected chi connectivity index (χ3v) is 1.49. The second-order valence-corrected chi connectivity index (χ2v) is 2.36. The molecule has 0 aliphatic heterocycles. The summed E-state index contributed by atoms with van der Waals surface area (Å²) in [5.41, 5.74) is 0.377. The third-order valence-electron chi connectivity index (χ3n) is 1.49. The van der Waals surface area contributed by atoms with Gasteiger partial charge in [0, 0.05) is 20.3 Å². The first kappa shape index (κ1) is 8.73. The summed E-state index contributed by atoms with van der Waals surface area (Å²) >= 11 is 0. The second kappa shape index (κ2) is 3.36. The van der Waals surface area contributed by atoms with Gasteiger partial charge in [0.25, 0.3) is 5.91 Å². The highest BCUT2D eigenvalue weighted by molar-refractivity contribution is 5.91. The molecule has 0 radical (unpaired) electrons. The summed E-state index contributed by atoms with van der Waals surface area (Å²) in [7, 11) is 4.72. The van der Waals surface area contributed by atoms with Gasteiger partial charge in [0.15, 0.2) is 5.69 Å². The van der Waals surface area contributed by atoms with E-state index in [1.807, 2.05) is 0 Å². The summed E-state index contributed by atoms with van der Waals surface area (Å²) in [6, 6.07) is 1.64. The van der Waals surface area contributed by atoms with Crippen LogP contribution >= 0.6 is 0 Å². The minimum atomic E-state index is -0.252. The highest BCUT2D eigenvalue weighted by Gasteiger charge is 2.13. The van der Waals surface area contributed by atoms with Gasteiger partial charge in [-0.3, -0.25) is 14.3 Å². The molecule has 0 spiro atoms. The number of carbonyl (C=O) groups is 1. The minimum absolute atomic E-state index is 0.252. The van der Waals surface area contributed by atoms with Crippen molar-refractivity contribution in [3.8, 4) is 0 Å². The maximum atomic E-state index is 11.3. The molecule has 12 heavy (non-hydrogen) atoms. The highest BCUT2D eigenvalue weighted by atomic mass is 16.7. The lowest BCUT2D eigenvalue weighted by Crippen LogP contribution is -2.25. The third kappa shape index (κ3) is 1.62. The number of rotatable bonds is 2. The van der Waals surface area contributed by atoms with Crippen LogP contribution in [0.25, 0.3) is 0 Å². The van der Waals surface area contributed by atoms with Gasteiger partial charge < -0.3 is 0 Å². The van der Waals surface area contributed by atoms with E-state index in [9.17, 15) is 4.79 Å². The Morgan fingerprint density at radius 2 is 2.42 bits per heavy atom. The van der Waals surface area contributed by atoms with Gasteiger partial charge in [-0.05, 0) is 6.07 Å². The molecule has 1 aromatic heterocycles. The van der Waals surface area contributed by atoms with E-state index in [2.05, 4.69) is 5.10 Å². The zero-order valence-electron chi connectivity index (χ0n) is 7.31. The normalized spacial score (nSPS) is 9.92. The first-order valence-electron chi connectivity index (χ1n) is 3.47. The molecule has 0 atom stereocenters. The Bertz CT molecular complexity index is 282. The van der Waals surface area contributed by atoms with Crippen LogP contribution in [0.3, 0.4) is 0 Å². The molecule has 0 saturated heterocycles. The number of hydroxylamine groups is 2. The van der Waals surface area contributed by atoms with Gasteiger partial charge in [-0.1, -0.05) is 0 Å². The van der Waals surface area contributed by atoms with E-state index in [4.69, 9.17) is 4.84 Å². The number of carbonyl (C=O) groups excluding carboxylic acids is 1. The average molecular weight is 169 g/mol. The van der Waals surface area contributed by atoms with Crippen LogP contribution in [0.15, 0.2) is 12.3 Å². The summed E-state index contributed by atoms with van der Waals surface area (Å²) in [6.07, 6.45) is 1.71. The van der Waals surface area contributed by atoms with Crippen LogP contribution in [0.2, 0.25) is 0 Å².